The topological polar surface area (TPSA) is 66.6 Å². The van der Waals surface area contributed by atoms with Gasteiger partial charge >= 0.3 is 0 Å². The number of benzene rings is 1. The Bertz CT molecular complexity index is 515. The molecule has 1 aromatic heterocycles. The minimum absolute atomic E-state index is 0.326. The molecule has 0 bridgehead atoms. The van der Waals surface area contributed by atoms with Crippen LogP contribution in [0.3, 0.4) is 0 Å². The van der Waals surface area contributed by atoms with Gasteiger partial charge in [-0.3, -0.25) is 0 Å². The second kappa shape index (κ2) is 6.17. The molecule has 0 unspecified atom stereocenters. The van der Waals surface area contributed by atoms with Crippen molar-refractivity contribution in [1.29, 1.82) is 0 Å². The molecule has 2 rings (SSSR count). The SMILES string of the molecule is [NH3+]CCc1nnc(SCc2c(F)cccc2Cl)o1. The Balaban J connectivity index is 2.02. The second-order valence-corrected chi connectivity index (χ2v) is 4.89. The third-order valence-corrected chi connectivity index (χ3v) is 3.44. The fourth-order valence-corrected chi connectivity index (χ4v) is 2.48. The van der Waals surface area contributed by atoms with Crippen molar-refractivity contribution >= 4 is 23.4 Å². The molecule has 0 aliphatic rings. The predicted molar refractivity (Wildman–Crippen MR) is 66.7 cm³/mol. The van der Waals surface area contributed by atoms with Crippen molar-refractivity contribution < 1.29 is 14.5 Å². The monoisotopic (exact) mass is 288 g/mol. The van der Waals surface area contributed by atoms with Gasteiger partial charge in [-0.25, -0.2) is 4.39 Å². The van der Waals surface area contributed by atoms with Crippen molar-refractivity contribution in [2.45, 2.75) is 17.4 Å². The third-order valence-electron chi connectivity index (χ3n) is 2.24. The molecule has 0 radical (unpaired) electrons. The summed E-state index contributed by atoms with van der Waals surface area (Å²) in [5.41, 5.74) is 4.15. The van der Waals surface area contributed by atoms with Gasteiger partial charge in [0.25, 0.3) is 5.22 Å². The summed E-state index contributed by atoms with van der Waals surface area (Å²) in [4.78, 5) is 0. The van der Waals surface area contributed by atoms with E-state index < -0.39 is 0 Å². The van der Waals surface area contributed by atoms with E-state index in [1.807, 2.05) is 0 Å². The van der Waals surface area contributed by atoms with Crippen LogP contribution in [0.1, 0.15) is 11.5 Å². The summed E-state index contributed by atoms with van der Waals surface area (Å²) in [5.74, 6) is 0.581. The summed E-state index contributed by atoms with van der Waals surface area (Å²) in [6, 6.07) is 4.61. The van der Waals surface area contributed by atoms with Crippen LogP contribution in [0, 0.1) is 5.82 Å². The number of hydrogen-bond acceptors (Lipinski definition) is 4. The summed E-state index contributed by atoms with van der Waals surface area (Å²) < 4.78 is 18.9. The molecule has 0 aliphatic heterocycles. The van der Waals surface area contributed by atoms with E-state index >= 15 is 0 Å². The molecule has 0 saturated heterocycles. The van der Waals surface area contributed by atoms with Gasteiger partial charge in [-0.05, 0) is 12.1 Å². The van der Waals surface area contributed by atoms with Crippen LogP contribution in [-0.4, -0.2) is 16.7 Å². The lowest BCUT2D eigenvalue weighted by Gasteiger charge is -2.02. The summed E-state index contributed by atoms with van der Waals surface area (Å²) in [6.07, 6.45) is 0.647. The first-order valence-electron chi connectivity index (χ1n) is 5.38. The summed E-state index contributed by atoms with van der Waals surface area (Å²) in [6.45, 7) is 0.700. The van der Waals surface area contributed by atoms with E-state index in [0.717, 1.165) is 0 Å². The Hall–Kier alpha value is -1.11. The average molecular weight is 289 g/mol. The van der Waals surface area contributed by atoms with E-state index in [2.05, 4.69) is 15.9 Å². The van der Waals surface area contributed by atoms with Gasteiger partial charge in [0.2, 0.25) is 5.89 Å². The highest BCUT2D eigenvalue weighted by atomic mass is 35.5. The van der Waals surface area contributed by atoms with Gasteiger partial charge < -0.3 is 10.2 Å². The van der Waals surface area contributed by atoms with Crippen LogP contribution >= 0.6 is 23.4 Å². The Morgan fingerprint density at radius 1 is 1.39 bits per heavy atom. The maximum Gasteiger partial charge on any atom is 0.276 e. The smallest absolute Gasteiger partial charge is 0.276 e. The number of thioether (sulfide) groups is 1. The third kappa shape index (κ3) is 3.22. The highest BCUT2D eigenvalue weighted by Gasteiger charge is 2.11. The van der Waals surface area contributed by atoms with Crippen molar-refractivity contribution in [3.63, 3.8) is 0 Å². The van der Waals surface area contributed by atoms with E-state index in [4.69, 9.17) is 16.0 Å². The van der Waals surface area contributed by atoms with Gasteiger partial charge in [0.15, 0.2) is 0 Å². The molecule has 0 fully saturated rings. The minimum atomic E-state index is -0.326. The highest BCUT2D eigenvalue weighted by Crippen LogP contribution is 2.27. The van der Waals surface area contributed by atoms with Gasteiger partial charge in [-0.1, -0.05) is 29.4 Å². The Morgan fingerprint density at radius 2 is 2.22 bits per heavy atom. The number of hydrogen-bond donors (Lipinski definition) is 1. The van der Waals surface area contributed by atoms with Gasteiger partial charge in [-0.15, -0.1) is 10.2 Å². The zero-order valence-electron chi connectivity index (χ0n) is 9.53. The van der Waals surface area contributed by atoms with Crippen LogP contribution < -0.4 is 5.73 Å². The number of quaternary nitrogens is 1. The zero-order valence-corrected chi connectivity index (χ0v) is 11.1. The molecule has 96 valence electrons. The Kier molecular flexibility index (Phi) is 4.57. The molecule has 18 heavy (non-hydrogen) atoms. The number of rotatable bonds is 5. The second-order valence-electron chi connectivity index (χ2n) is 3.55. The normalized spacial score (nSPS) is 10.8. The van der Waals surface area contributed by atoms with Crippen LogP contribution in [0.2, 0.25) is 5.02 Å². The van der Waals surface area contributed by atoms with Gasteiger partial charge in [0.05, 0.1) is 13.0 Å². The van der Waals surface area contributed by atoms with Crippen LogP contribution in [0.25, 0.3) is 0 Å². The molecule has 3 N–H and O–H groups in total. The first kappa shape index (κ1) is 13.3. The maximum atomic E-state index is 13.5. The van der Waals surface area contributed by atoms with Crippen molar-refractivity contribution in [2.24, 2.45) is 0 Å². The molecule has 7 heteroatoms. The molecule has 2 aromatic rings. The number of nitrogens with zero attached hydrogens (tertiary/aromatic N) is 2. The van der Waals surface area contributed by atoms with Crippen molar-refractivity contribution in [2.75, 3.05) is 6.54 Å². The quantitative estimate of drug-likeness (QED) is 0.854. The Labute approximate surface area is 113 Å². The lowest BCUT2D eigenvalue weighted by Crippen LogP contribution is -2.51. The highest BCUT2D eigenvalue weighted by molar-refractivity contribution is 7.98. The maximum absolute atomic E-state index is 13.5. The first-order valence-corrected chi connectivity index (χ1v) is 6.74. The molecule has 0 aliphatic carbocycles. The summed E-state index contributed by atoms with van der Waals surface area (Å²) in [7, 11) is 0. The number of halogens is 2. The van der Waals surface area contributed by atoms with E-state index in [-0.39, 0.29) is 5.82 Å². The largest absolute Gasteiger partial charge is 0.416 e. The van der Waals surface area contributed by atoms with E-state index in [1.54, 1.807) is 12.1 Å². The van der Waals surface area contributed by atoms with Gasteiger partial charge in [0, 0.05) is 16.3 Å². The molecular formula is C11H12ClFN3OS+. The Morgan fingerprint density at radius 3 is 2.94 bits per heavy atom. The lowest BCUT2D eigenvalue weighted by molar-refractivity contribution is -0.367. The first-order chi connectivity index (χ1) is 8.70. The summed E-state index contributed by atoms with van der Waals surface area (Å²) >= 11 is 7.19. The molecule has 4 nitrogen and oxygen atoms in total. The molecule has 0 spiro atoms. The standard InChI is InChI=1S/C11H11ClFN3OS/c12-8-2-1-3-9(13)7(8)6-18-11-16-15-10(17-11)4-5-14/h1-3H,4-6,14H2/p+1. The molecule has 1 heterocycles. The lowest BCUT2D eigenvalue weighted by atomic mass is 10.2. The molecular weight excluding hydrogens is 277 g/mol. The molecule has 0 atom stereocenters. The zero-order chi connectivity index (χ0) is 13.0. The van der Waals surface area contributed by atoms with Crippen LogP contribution in [0.15, 0.2) is 27.8 Å². The van der Waals surface area contributed by atoms with Crippen LogP contribution in [0.5, 0.6) is 0 Å². The average Bonchev–Trinajstić information content (AvgIpc) is 2.77. The van der Waals surface area contributed by atoms with Crippen molar-refractivity contribution in [3.05, 3.63) is 40.5 Å². The van der Waals surface area contributed by atoms with E-state index in [0.29, 0.717) is 40.4 Å². The molecule has 1 aromatic carbocycles. The van der Waals surface area contributed by atoms with Gasteiger partial charge in [-0.2, -0.15) is 0 Å². The van der Waals surface area contributed by atoms with Crippen molar-refractivity contribution in [3.8, 4) is 0 Å². The van der Waals surface area contributed by atoms with Crippen LogP contribution in [0.4, 0.5) is 4.39 Å². The molecule has 0 saturated carbocycles. The van der Waals surface area contributed by atoms with E-state index in [9.17, 15) is 4.39 Å². The van der Waals surface area contributed by atoms with E-state index in [1.165, 1.54) is 17.8 Å². The molecule has 0 amide bonds. The van der Waals surface area contributed by atoms with Crippen LogP contribution in [-0.2, 0) is 12.2 Å². The number of aromatic nitrogens is 2. The predicted octanol–water partition coefficient (Wildman–Crippen LogP) is 1.94. The minimum Gasteiger partial charge on any atom is -0.416 e. The fraction of sp³-hybridized carbons (Fsp3) is 0.273. The summed E-state index contributed by atoms with van der Waals surface area (Å²) in [5, 5.41) is 8.54. The van der Waals surface area contributed by atoms with Crippen molar-refractivity contribution in [1.82, 2.24) is 10.2 Å². The fourth-order valence-electron chi connectivity index (χ4n) is 1.35. The van der Waals surface area contributed by atoms with Gasteiger partial charge in [0.1, 0.15) is 5.82 Å².